The molecule has 8 fully saturated rings. The summed E-state index contributed by atoms with van der Waals surface area (Å²) in [4.78, 5) is 13.4. The highest BCUT2D eigenvalue weighted by atomic mass is 16.8. The first kappa shape index (κ1) is 16.2. The van der Waals surface area contributed by atoms with Gasteiger partial charge in [0.25, 0.3) is 0 Å². The Bertz CT molecular complexity index is 761. The summed E-state index contributed by atoms with van der Waals surface area (Å²) in [5.74, 6) is -2.99. The molecular weight excluding hydrogens is 336 g/mol. The number of ether oxygens (including phenoxy) is 2. The molecule has 8 rings (SSSR count). The largest absolute Gasteiger partial charge is 0.392 e. The predicted molar refractivity (Wildman–Crippen MR) is 88.4 cm³/mol. The van der Waals surface area contributed by atoms with Gasteiger partial charge in [-0.05, 0) is 42.6 Å². The van der Waals surface area contributed by atoms with Crippen molar-refractivity contribution in [3.05, 3.63) is 12.2 Å². The lowest BCUT2D eigenvalue weighted by Gasteiger charge is -2.79. The van der Waals surface area contributed by atoms with Gasteiger partial charge in [0.15, 0.2) is 12.1 Å². The van der Waals surface area contributed by atoms with Crippen molar-refractivity contribution < 1.29 is 29.6 Å². The summed E-state index contributed by atoms with van der Waals surface area (Å²) in [7, 11) is 0. The summed E-state index contributed by atoms with van der Waals surface area (Å²) in [6.45, 7) is 8.14. The molecule has 4 saturated carbocycles. The number of aliphatic hydroxyl groups excluding tert-OH is 2. The van der Waals surface area contributed by atoms with Crippen molar-refractivity contribution in [1.29, 1.82) is 0 Å². The number of Topliss-reactive ketones (excluding diaryl/α,β-unsaturated/α-hetero) is 1. The molecule has 6 heteroatoms. The zero-order chi connectivity index (χ0) is 18.4. The van der Waals surface area contributed by atoms with Crippen molar-refractivity contribution in [3.8, 4) is 0 Å². The average Bonchev–Trinajstić information content (AvgIpc) is 2.71. The molecule has 2 spiro atoms. The van der Waals surface area contributed by atoms with Crippen molar-refractivity contribution in [2.45, 2.75) is 69.9 Å². The lowest BCUT2D eigenvalue weighted by molar-refractivity contribution is -0.556. The Kier molecular flexibility index (Phi) is 2.57. The second-order valence-electron chi connectivity index (χ2n) is 10.1. The summed E-state index contributed by atoms with van der Waals surface area (Å²) in [5.41, 5.74) is -2.03. The van der Waals surface area contributed by atoms with Gasteiger partial charge >= 0.3 is 0 Å². The van der Waals surface area contributed by atoms with Gasteiger partial charge in [0.1, 0.15) is 11.5 Å². The number of hydrogen-bond acceptors (Lipinski definition) is 6. The van der Waals surface area contributed by atoms with E-state index in [1.165, 1.54) is 0 Å². The van der Waals surface area contributed by atoms with Gasteiger partial charge in [-0.2, -0.15) is 0 Å². The molecule has 0 aromatic rings. The summed E-state index contributed by atoms with van der Waals surface area (Å²) < 4.78 is 12.3. The van der Waals surface area contributed by atoms with E-state index in [9.17, 15) is 20.1 Å². The van der Waals surface area contributed by atoms with Crippen LogP contribution in [0.4, 0.5) is 0 Å². The first-order valence-corrected chi connectivity index (χ1v) is 9.80. The highest BCUT2D eigenvalue weighted by Gasteiger charge is 2.92. The predicted octanol–water partition coefficient (Wildman–Crippen LogP) is 0.740. The van der Waals surface area contributed by atoms with Crippen LogP contribution >= 0.6 is 0 Å². The van der Waals surface area contributed by atoms with E-state index in [4.69, 9.17) is 9.47 Å². The Balaban J connectivity index is 1.70. The van der Waals surface area contributed by atoms with Crippen LogP contribution in [-0.2, 0) is 14.3 Å². The average molecular weight is 362 g/mol. The van der Waals surface area contributed by atoms with Crippen molar-refractivity contribution in [3.63, 3.8) is 0 Å². The van der Waals surface area contributed by atoms with E-state index in [2.05, 4.69) is 20.4 Å². The Morgan fingerprint density at radius 1 is 1.19 bits per heavy atom. The highest BCUT2D eigenvalue weighted by molar-refractivity contribution is 6.05. The smallest absolute Gasteiger partial charge is 0.211 e. The molecule has 4 aliphatic carbocycles. The molecule has 142 valence electrons. The fraction of sp³-hybridized carbons (Fsp3) is 0.850. The minimum Gasteiger partial charge on any atom is -0.392 e. The minimum atomic E-state index is -1.97. The third-order valence-corrected chi connectivity index (χ3v) is 9.14. The molecule has 6 nitrogen and oxygen atoms in total. The number of ketones is 1. The maximum atomic E-state index is 13.4. The van der Waals surface area contributed by atoms with Crippen LogP contribution in [0.15, 0.2) is 12.2 Å². The van der Waals surface area contributed by atoms with Crippen LogP contribution in [0.3, 0.4) is 0 Å². The molecule has 8 aliphatic rings. The molecule has 4 aliphatic heterocycles. The molecule has 26 heavy (non-hydrogen) atoms. The van der Waals surface area contributed by atoms with Crippen LogP contribution in [0.1, 0.15) is 39.5 Å². The Hall–Kier alpha value is -0.790. The van der Waals surface area contributed by atoms with Crippen LogP contribution in [0, 0.1) is 34.0 Å². The van der Waals surface area contributed by atoms with Crippen molar-refractivity contribution >= 4 is 5.78 Å². The van der Waals surface area contributed by atoms with Crippen LogP contribution < -0.4 is 0 Å². The molecule has 7 unspecified atom stereocenters. The van der Waals surface area contributed by atoms with E-state index in [1.807, 2.05) is 0 Å². The van der Waals surface area contributed by atoms with E-state index in [-0.39, 0.29) is 23.0 Å². The van der Waals surface area contributed by atoms with Crippen molar-refractivity contribution in [1.82, 2.24) is 0 Å². The fourth-order valence-electron chi connectivity index (χ4n) is 8.38. The van der Waals surface area contributed by atoms with E-state index >= 15 is 0 Å². The molecule has 4 saturated heterocycles. The van der Waals surface area contributed by atoms with E-state index in [1.54, 1.807) is 0 Å². The van der Waals surface area contributed by atoms with E-state index < -0.39 is 47.1 Å². The third-order valence-electron chi connectivity index (χ3n) is 9.14. The first-order chi connectivity index (χ1) is 12.1. The Morgan fingerprint density at radius 2 is 1.92 bits per heavy atom. The maximum Gasteiger partial charge on any atom is 0.211 e. The molecule has 4 heterocycles. The molecule has 10 atom stereocenters. The molecule has 0 amide bonds. The minimum absolute atomic E-state index is 0.133. The van der Waals surface area contributed by atoms with Gasteiger partial charge in [-0.1, -0.05) is 20.4 Å². The quantitative estimate of drug-likeness (QED) is 0.550. The van der Waals surface area contributed by atoms with Crippen molar-refractivity contribution in [2.75, 3.05) is 0 Å². The van der Waals surface area contributed by atoms with Crippen LogP contribution in [-0.4, -0.2) is 51.5 Å². The molecule has 3 N–H and O–H groups in total. The summed E-state index contributed by atoms with van der Waals surface area (Å²) in [6.07, 6.45) is -0.473. The lowest BCUT2D eigenvalue weighted by Crippen LogP contribution is -2.91. The van der Waals surface area contributed by atoms with Crippen molar-refractivity contribution in [2.24, 2.45) is 34.0 Å². The second kappa shape index (κ2) is 4.13. The monoisotopic (exact) mass is 362 g/mol. The Labute approximate surface area is 152 Å². The number of carbonyl (C=O) groups excluding carboxylic acids is 1. The molecule has 0 radical (unpaired) electrons. The fourth-order valence-corrected chi connectivity index (χ4v) is 8.38. The first-order valence-electron chi connectivity index (χ1n) is 9.80. The van der Waals surface area contributed by atoms with Crippen LogP contribution in [0.2, 0.25) is 0 Å². The zero-order valence-electron chi connectivity index (χ0n) is 15.1. The van der Waals surface area contributed by atoms with Gasteiger partial charge in [-0.3, -0.25) is 4.79 Å². The van der Waals surface area contributed by atoms with Gasteiger partial charge in [0.05, 0.1) is 17.6 Å². The van der Waals surface area contributed by atoms with E-state index in [0.717, 1.165) is 12.8 Å². The zero-order valence-corrected chi connectivity index (χ0v) is 15.1. The number of rotatable bonds is 0. The number of carbonyl (C=O) groups is 1. The standard InChI is InChI=1S/C20H26O6/c1-8-9-4-5-10-18-11(21)6-7-17(2,3)12(18)14(23)20(24)19(10,13(8)22)15(9)25-16(18)26-20/h9-12,14-16,21,23-24H,1,4-7H2,2-3H3/t9?,10?,11?,12?,14?,15?,16?,18-,19-,20+/m0/s1. The third kappa shape index (κ3) is 1.19. The van der Waals surface area contributed by atoms with E-state index in [0.29, 0.717) is 18.4 Å². The van der Waals surface area contributed by atoms with Gasteiger partial charge in [0.2, 0.25) is 5.79 Å². The normalized spacial score (nSPS) is 64.0. The topological polar surface area (TPSA) is 96.2 Å². The SMILES string of the molecule is C=C1C(=O)[C@@]23C4OC5O[C@]2(O)C(O)C2C(C)(C)CCC(O)[C@]52C3CCC14. The summed E-state index contributed by atoms with van der Waals surface area (Å²) in [6, 6.07) is 0. The molecule has 7 bridgehead atoms. The molecule has 0 aromatic heterocycles. The molecular formula is C20H26O6. The van der Waals surface area contributed by atoms with Gasteiger partial charge < -0.3 is 24.8 Å². The summed E-state index contributed by atoms with van der Waals surface area (Å²) >= 11 is 0. The maximum absolute atomic E-state index is 13.4. The van der Waals surface area contributed by atoms with Gasteiger partial charge in [-0.15, -0.1) is 0 Å². The molecule has 0 aromatic carbocycles. The summed E-state index contributed by atoms with van der Waals surface area (Å²) in [5, 5.41) is 34.3. The number of hydrogen-bond donors (Lipinski definition) is 3. The van der Waals surface area contributed by atoms with Crippen LogP contribution in [0.25, 0.3) is 0 Å². The Morgan fingerprint density at radius 3 is 2.65 bits per heavy atom. The van der Waals surface area contributed by atoms with Gasteiger partial charge in [0, 0.05) is 11.8 Å². The lowest BCUT2D eigenvalue weighted by atomic mass is 9.34. The highest BCUT2D eigenvalue weighted by Crippen LogP contribution is 2.81. The van der Waals surface area contributed by atoms with Crippen LogP contribution in [0.5, 0.6) is 0 Å². The number of aliphatic hydroxyl groups is 3. The second-order valence-corrected chi connectivity index (χ2v) is 10.1. The van der Waals surface area contributed by atoms with Gasteiger partial charge in [-0.25, -0.2) is 0 Å².